The highest BCUT2D eigenvalue weighted by molar-refractivity contribution is 5.86. The van der Waals surface area contributed by atoms with Crippen molar-refractivity contribution < 1.29 is 124 Å². The lowest BCUT2D eigenvalue weighted by atomic mass is 9.80. The van der Waals surface area contributed by atoms with E-state index in [1.807, 2.05) is 0 Å². The number of unbranched alkanes of at least 4 members (excludes halogenated alkanes) is 12. The molecule has 12 heteroatoms. The first-order chi connectivity index (χ1) is 47.1. The number of phenolic OH excluding ortho intramolecular Hbond substituents is 2. The van der Waals surface area contributed by atoms with Crippen molar-refractivity contribution in [3.8, 4) is 11.5 Å². The fraction of sp³-hybridized carbons (Fsp3) is 0.844. The van der Waals surface area contributed by atoms with Crippen LogP contribution in [-0.4, -0.2) is 157 Å². The summed E-state index contributed by atoms with van der Waals surface area (Å²) in [6, 6.07) is 9.63. The van der Waals surface area contributed by atoms with Gasteiger partial charge in [0, 0.05) is 34.7 Å². The molecule has 0 aliphatic heterocycles. The number of aliphatic imine (C=N–C) groups is 2. The normalized spacial score (nSPS) is 15.0. The molecule has 0 saturated heterocycles. The van der Waals surface area contributed by atoms with Crippen LogP contribution in [0.2, 0.25) is 0 Å². The van der Waals surface area contributed by atoms with Crippen LogP contribution < -0.4 is 95.9 Å². The van der Waals surface area contributed by atoms with Crippen LogP contribution in [0.5, 0.6) is 11.5 Å². The Balaban J connectivity index is 0. The molecule has 0 heterocycles. The van der Waals surface area contributed by atoms with Crippen LogP contribution in [0, 0.1) is 0 Å². The summed E-state index contributed by atoms with van der Waals surface area (Å²) in [5.41, 5.74) is 6.18. The maximum Gasteiger partial charge on any atom is 0.128 e. The lowest BCUT2D eigenvalue weighted by Crippen LogP contribution is -3.00. The van der Waals surface area contributed by atoms with Gasteiger partial charge in [0.15, 0.2) is 0 Å². The zero-order valence-electron chi connectivity index (χ0n) is 70.6. The van der Waals surface area contributed by atoms with E-state index in [0.717, 1.165) is 47.9 Å². The van der Waals surface area contributed by atoms with Crippen LogP contribution in [0.15, 0.2) is 34.3 Å². The molecule has 102 heavy (non-hydrogen) atoms. The lowest BCUT2D eigenvalue weighted by Gasteiger charge is -2.40. The highest BCUT2D eigenvalue weighted by Gasteiger charge is 2.34. The molecule has 2 atom stereocenters. The number of nitrogens with zero attached hydrogens (tertiary/aromatic N) is 6. The van der Waals surface area contributed by atoms with Gasteiger partial charge in [0.05, 0.1) is 117 Å². The SMILES string of the molecule is CCCC[N+](CCCC)(CCCC)CCCC(CCC[N+](CCCC)(CCCC)CCCC)c1cc(C=N[C@H]2CCCC[C@@H]2N=Cc2cc(C(CCC[N+](CCCC)(CCCC)CCCC)CCC[N+](CCCC)(CCCC)CCCC)cc(C(C)(C)C)c2O)c(O)c(C(C)(C)C)c1.[I-].[I-].[I-].[I-]. The van der Waals surface area contributed by atoms with Gasteiger partial charge in [0.2, 0.25) is 0 Å². The van der Waals surface area contributed by atoms with Crippen LogP contribution in [0.1, 0.15) is 401 Å². The third-order valence-electron chi connectivity index (χ3n) is 24.0. The Bertz CT molecular complexity index is 2110. The zero-order chi connectivity index (χ0) is 72.4. The Morgan fingerprint density at radius 1 is 0.324 bits per heavy atom. The second-order valence-electron chi connectivity index (χ2n) is 34.6. The van der Waals surface area contributed by atoms with Gasteiger partial charge >= 0.3 is 0 Å². The minimum absolute atomic E-state index is 0. The molecular weight excluding hydrogens is 1700 g/mol. The van der Waals surface area contributed by atoms with Gasteiger partial charge in [-0.05, 0) is 187 Å². The first kappa shape index (κ1) is 104. The van der Waals surface area contributed by atoms with Gasteiger partial charge in [-0.3, -0.25) is 9.98 Å². The summed E-state index contributed by atoms with van der Waals surface area (Å²) in [5.74, 6) is 1.62. The van der Waals surface area contributed by atoms with Gasteiger partial charge in [0.25, 0.3) is 0 Å². The molecule has 600 valence electrons. The summed E-state index contributed by atoms with van der Waals surface area (Å²) < 4.78 is 5.16. The van der Waals surface area contributed by atoms with Crippen LogP contribution in [0.3, 0.4) is 0 Å². The minimum atomic E-state index is -0.241. The summed E-state index contributed by atoms with van der Waals surface area (Å²) in [6.45, 7) is 63.2. The molecule has 1 aliphatic carbocycles. The van der Waals surface area contributed by atoms with E-state index >= 15 is 0 Å². The van der Waals surface area contributed by atoms with Crippen LogP contribution in [-0.2, 0) is 10.8 Å². The van der Waals surface area contributed by atoms with E-state index in [1.54, 1.807) is 0 Å². The maximum atomic E-state index is 12.6. The van der Waals surface area contributed by atoms with Gasteiger partial charge in [-0.25, -0.2) is 0 Å². The van der Waals surface area contributed by atoms with E-state index in [1.165, 1.54) is 339 Å². The van der Waals surface area contributed by atoms with Crippen molar-refractivity contribution in [1.29, 1.82) is 0 Å². The number of quaternary nitrogens is 4. The Labute approximate surface area is 704 Å². The van der Waals surface area contributed by atoms with Crippen LogP contribution in [0.4, 0.5) is 0 Å². The number of hydrogen-bond donors (Lipinski definition) is 2. The van der Waals surface area contributed by atoms with Crippen molar-refractivity contribution in [3.05, 3.63) is 57.6 Å². The average molecular weight is 1880 g/mol. The molecule has 1 fully saturated rings. The Hall–Kier alpha value is 0.140. The Kier molecular flexibility index (Phi) is 59.3. The van der Waals surface area contributed by atoms with E-state index < -0.39 is 0 Å². The summed E-state index contributed by atoms with van der Waals surface area (Å²) in [6.07, 6.45) is 49.1. The fourth-order valence-corrected chi connectivity index (χ4v) is 17.2. The van der Waals surface area contributed by atoms with Crippen molar-refractivity contribution in [2.45, 2.75) is 391 Å². The number of hydrogen-bond acceptors (Lipinski definition) is 4. The van der Waals surface area contributed by atoms with E-state index in [9.17, 15) is 10.2 Å². The minimum Gasteiger partial charge on any atom is -1.00 e. The number of phenols is 2. The molecule has 0 bridgehead atoms. The standard InChI is InChI=1S/C90H168N6O2.4HI/c1-19-31-55-93(56-32-20-2,57-33-21-3)67-45-49-77(50-46-68-94(58-34-22-4,59-35-23-5)60-36-24-6)79-71-81(87(97)83(73-79)89(13,14)15)75-91-85-53-43-44-54-86(85)92-76-82-72-80(74-84(88(82)98)90(16,17)18)78(51-47-69-95(61-37-25-7,62-38-26-8)63-39-27-9)52-48-70-96(64-40-28-10,65-41-29-11)66-42-30-12;;;;/h71-78,85-86H,19-70H2,1-18H3;4*1H/q+2;;;;/p-2/t85-,86-;;;;/m0..../s1. The highest BCUT2D eigenvalue weighted by Crippen LogP contribution is 2.41. The monoisotopic (exact) mass is 1870 g/mol. The largest absolute Gasteiger partial charge is 1.00 e. The summed E-state index contributed by atoms with van der Waals surface area (Å²) >= 11 is 0. The molecule has 2 aromatic rings. The average Bonchev–Trinajstić information content (AvgIpc) is 0.795. The van der Waals surface area contributed by atoms with Gasteiger partial charge in [0.1, 0.15) is 11.5 Å². The summed E-state index contributed by atoms with van der Waals surface area (Å²) in [5, 5.41) is 25.1. The van der Waals surface area contributed by atoms with E-state index in [-0.39, 0.29) is 119 Å². The first-order valence-electron chi connectivity index (χ1n) is 43.3. The Morgan fingerprint density at radius 3 is 0.686 bits per heavy atom. The van der Waals surface area contributed by atoms with Gasteiger partial charge in [-0.1, -0.05) is 227 Å². The molecular formula is C90H170I4N6O2. The molecule has 0 unspecified atom stereocenters. The van der Waals surface area contributed by atoms with Gasteiger partial charge in [-0.15, -0.1) is 0 Å². The molecule has 0 radical (unpaired) electrons. The van der Waals surface area contributed by atoms with E-state index in [0.29, 0.717) is 23.3 Å². The van der Waals surface area contributed by atoms with Crippen LogP contribution >= 0.6 is 0 Å². The van der Waals surface area contributed by atoms with Gasteiger partial charge < -0.3 is 124 Å². The number of halogens is 4. The van der Waals surface area contributed by atoms with Crippen molar-refractivity contribution >= 4 is 12.4 Å². The summed E-state index contributed by atoms with van der Waals surface area (Å²) in [7, 11) is 0. The quantitative estimate of drug-likeness (QED) is 0.0394. The first-order valence-corrected chi connectivity index (χ1v) is 43.3. The fourth-order valence-electron chi connectivity index (χ4n) is 17.2. The van der Waals surface area contributed by atoms with Crippen molar-refractivity contribution in [1.82, 2.24) is 0 Å². The molecule has 1 aliphatic rings. The molecule has 2 N–H and O–H groups in total. The predicted molar refractivity (Wildman–Crippen MR) is 435 cm³/mol. The molecule has 8 nitrogen and oxygen atoms in total. The second-order valence-corrected chi connectivity index (χ2v) is 34.6. The smallest absolute Gasteiger partial charge is 0.128 e. The molecule has 0 spiro atoms. The van der Waals surface area contributed by atoms with Crippen molar-refractivity contribution in [2.75, 3.05) is 105 Å². The Morgan fingerprint density at radius 2 is 0.510 bits per heavy atom. The molecule has 3 rings (SSSR count). The summed E-state index contributed by atoms with van der Waals surface area (Å²) in [4.78, 5) is 11.1. The maximum absolute atomic E-state index is 12.6. The van der Waals surface area contributed by atoms with E-state index in [4.69, 9.17) is 9.98 Å². The number of benzene rings is 2. The molecule has 2 aromatic carbocycles. The highest BCUT2D eigenvalue weighted by atomic mass is 127. The lowest BCUT2D eigenvalue weighted by molar-refractivity contribution is -0.929. The number of rotatable bonds is 58. The molecule has 1 saturated carbocycles. The van der Waals surface area contributed by atoms with Crippen LogP contribution in [0.25, 0.3) is 0 Å². The third kappa shape index (κ3) is 37.9. The van der Waals surface area contributed by atoms with Crippen molar-refractivity contribution in [2.24, 2.45) is 9.98 Å². The van der Waals surface area contributed by atoms with E-state index in [2.05, 4.69) is 161 Å². The zero-order valence-corrected chi connectivity index (χ0v) is 79.3. The molecule has 0 amide bonds. The number of aromatic hydroxyl groups is 2. The van der Waals surface area contributed by atoms with Gasteiger partial charge in [-0.2, -0.15) is 0 Å². The topological polar surface area (TPSA) is 65.2 Å². The third-order valence-corrected chi connectivity index (χ3v) is 24.0. The molecule has 0 aromatic heterocycles. The van der Waals surface area contributed by atoms with Crippen molar-refractivity contribution in [3.63, 3.8) is 0 Å². The predicted octanol–water partition coefficient (Wildman–Crippen LogP) is 12.7. The second kappa shape index (κ2) is 58.1.